The number of ether oxygens (including phenoxy) is 1. The Hall–Kier alpha value is -3.58. The summed E-state index contributed by atoms with van der Waals surface area (Å²) in [5, 5.41) is 3.95. The van der Waals surface area contributed by atoms with Crippen LogP contribution in [-0.4, -0.2) is 28.3 Å². The van der Waals surface area contributed by atoms with E-state index in [0.29, 0.717) is 22.6 Å². The van der Waals surface area contributed by atoms with Gasteiger partial charge in [0.15, 0.2) is 5.16 Å². The summed E-state index contributed by atoms with van der Waals surface area (Å²) in [5.41, 5.74) is 4.27. The predicted molar refractivity (Wildman–Crippen MR) is 132 cm³/mol. The number of benzene rings is 3. The van der Waals surface area contributed by atoms with E-state index in [1.165, 1.54) is 11.8 Å². The molecule has 0 spiro atoms. The van der Waals surface area contributed by atoms with E-state index in [-0.39, 0.29) is 17.2 Å². The maximum atomic E-state index is 13.4. The fraction of sp³-hybridized carbons (Fsp3) is 0.192. The first kappa shape index (κ1) is 22.6. The molecule has 0 atom stereocenters. The molecule has 3 aromatic carbocycles. The van der Waals surface area contributed by atoms with E-state index in [2.05, 4.69) is 5.32 Å². The lowest BCUT2D eigenvalue weighted by Crippen LogP contribution is -2.26. The van der Waals surface area contributed by atoms with Crippen LogP contribution in [0.1, 0.15) is 16.7 Å². The first-order valence-electron chi connectivity index (χ1n) is 10.6. The van der Waals surface area contributed by atoms with Gasteiger partial charge in [0.1, 0.15) is 5.75 Å². The normalized spacial score (nSPS) is 10.9. The topological polar surface area (TPSA) is 73.2 Å². The fourth-order valence-corrected chi connectivity index (χ4v) is 4.48. The van der Waals surface area contributed by atoms with Gasteiger partial charge in [0.2, 0.25) is 5.91 Å². The number of rotatable bonds is 7. The van der Waals surface area contributed by atoms with Crippen molar-refractivity contribution >= 4 is 28.6 Å². The fourth-order valence-electron chi connectivity index (χ4n) is 3.64. The lowest BCUT2D eigenvalue weighted by Gasteiger charge is -2.15. The average Bonchev–Trinajstić information content (AvgIpc) is 2.82. The Balaban J connectivity index is 1.60. The van der Waals surface area contributed by atoms with Crippen LogP contribution in [0.25, 0.3) is 16.6 Å². The molecule has 168 valence electrons. The van der Waals surface area contributed by atoms with Crippen LogP contribution in [0.2, 0.25) is 0 Å². The number of nitrogens with zero attached hydrogens (tertiary/aromatic N) is 2. The monoisotopic (exact) mass is 459 g/mol. The van der Waals surface area contributed by atoms with E-state index in [9.17, 15) is 9.59 Å². The number of hydrogen-bond donors (Lipinski definition) is 1. The molecule has 0 aliphatic rings. The Morgan fingerprint density at radius 1 is 1.06 bits per heavy atom. The quantitative estimate of drug-likeness (QED) is 0.327. The van der Waals surface area contributed by atoms with Crippen LogP contribution < -0.4 is 15.6 Å². The Morgan fingerprint density at radius 3 is 2.67 bits per heavy atom. The van der Waals surface area contributed by atoms with Gasteiger partial charge in [-0.2, -0.15) is 0 Å². The van der Waals surface area contributed by atoms with E-state index >= 15 is 0 Å². The molecule has 33 heavy (non-hydrogen) atoms. The van der Waals surface area contributed by atoms with Crippen LogP contribution in [0.4, 0.5) is 0 Å². The minimum Gasteiger partial charge on any atom is -0.497 e. The molecule has 0 radical (unpaired) electrons. The van der Waals surface area contributed by atoms with Gasteiger partial charge in [0.25, 0.3) is 5.56 Å². The molecule has 0 aliphatic carbocycles. The smallest absolute Gasteiger partial charge is 0.266 e. The summed E-state index contributed by atoms with van der Waals surface area (Å²) in [4.78, 5) is 30.7. The zero-order chi connectivity index (χ0) is 23.4. The number of nitrogens with one attached hydrogen (secondary N) is 1. The van der Waals surface area contributed by atoms with Gasteiger partial charge in [-0.3, -0.25) is 14.2 Å². The molecular formula is C26H25N3O3S. The second-order valence-electron chi connectivity index (χ2n) is 7.76. The van der Waals surface area contributed by atoms with E-state index in [0.717, 1.165) is 28.1 Å². The van der Waals surface area contributed by atoms with Gasteiger partial charge in [-0.1, -0.05) is 53.7 Å². The van der Waals surface area contributed by atoms with Crippen LogP contribution in [0.5, 0.6) is 5.75 Å². The summed E-state index contributed by atoms with van der Waals surface area (Å²) in [6, 6.07) is 20.8. The summed E-state index contributed by atoms with van der Waals surface area (Å²) in [7, 11) is 1.61. The van der Waals surface area contributed by atoms with Gasteiger partial charge in [-0.25, -0.2) is 4.98 Å². The highest BCUT2D eigenvalue weighted by molar-refractivity contribution is 7.99. The molecule has 7 heteroatoms. The van der Waals surface area contributed by atoms with Gasteiger partial charge >= 0.3 is 0 Å². The van der Waals surface area contributed by atoms with Gasteiger partial charge in [0.05, 0.1) is 29.5 Å². The Labute approximate surface area is 196 Å². The number of aromatic nitrogens is 2. The van der Waals surface area contributed by atoms with E-state index < -0.39 is 0 Å². The minimum absolute atomic E-state index is 0.139. The molecule has 0 bridgehead atoms. The van der Waals surface area contributed by atoms with Gasteiger partial charge in [-0.05, 0) is 55.3 Å². The van der Waals surface area contributed by atoms with Crippen molar-refractivity contribution in [2.24, 2.45) is 0 Å². The number of para-hydroxylation sites is 1. The SMILES string of the molecule is COc1cccc(CNC(=O)CSc2nc3ccccc3c(=O)n2-c2ccc(C)cc2C)c1. The van der Waals surface area contributed by atoms with Crippen molar-refractivity contribution < 1.29 is 9.53 Å². The Bertz CT molecular complexity index is 1380. The zero-order valence-corrected chi connectivity index (χ0v) is 19.6. The third-order valence-electron chi connectivity index (χ3n) is 5.29. The second-order valence-corrected chi connectivity index (χ2v) is 8.70. The molecular weight excluding hydrogens is 434 g/mol. The van der Waals surface area contributed by atoms with Gasteiger partial charge < -0.3 is 10.1 Å². The molecule has 0 aliphatic heterocycles. The number of thioether (sulfide) groups is 1. The Morgan fingerprint density at radius 2 is 1.88 bits per heavy atom. The number of amides is 1. The number of carbonyl (C=O) groups is 1. The third-order valence-corrected chi connectivity index (χ3v) is 6.23. The van der Waals surface area contributed by atoms with Crippen molar-refractivity contribution in [3.05, 3.63) is 93.8 Å². The molecule has 4 aromatic rings. The minimum atomic E-state index is -0.146. The van der Waals surface area contributed by atoms with E-state index in [1.54, 1.807) is 17.7 Å². The Kier molecular flexibility index (Phi) is 6.79. The average molecular weight is 460 g/mol. The standard InChI is InChI=1S/C26H25N3O3S/c1-17-11-12-23(18(2)13-17)29-25(31)21-9-4-5-10-22(21)28-26(29)33-16-24(30)27-15-19-7-6-8-20(14-19)32-3/h4-14H,15-16H2,1-3H3,(H,27,30). The largest absolute Gasteiger partial charge is 0.497 e. The van der Waals surface area contributed by atoms with E-state index in [4.69, 9.17) is 9.72 Å². The molecule has 1 aromatic heterocycles. The molecule has 1 amide bonds. The second kappa shape index (κ2) is 9.92. The summed E-state index contributed by atoms with van der Waals surface area (Å²) in [6.07, 6.45) is 0. The zero-order valence-electron chi connectivity index (χ0n) is 18.8. The van der Waals surface area contributed by atoms with Gasteiger partial charge in [-0.15, -0.1) is 0 Å². The number of methoxy groups -OCH3 is 1. The van der Waals surface area contributed by atoms with Crippen molar-refractivity contribution in [2.75, 3.05) is 12.9 Å². The predicted octanol–water partition coefficient (Wildman–Crippen LogP) is 4.42. The lowest BCUT2D eigenvalue weighted by molar-refractivity contribution is -0.118. The summed E-state index contributed by atoms with van der Waals surface area (Å²) >= 11 is 1.25. The third kappa shape index (κ3) is 5.09. The van der Waals surface area contributed by atoms with Crippen LogP contribution in [0, 0.1) is 13.8 Å². The maximum absolute atomic E-state index is 13.4. The molecule has 1 N–H and O–H groups in total. The number of aryl methyl sites for hydroxylation is 2. The highest BCUT2D eigenvalue weighted by Crippen LogP contribution is 2.23. The van der Waals surface area contributed by atoms with Crippen LogP contribution >= 0.6 is 11.8 Å². The molecule has 0 saturated carbocycles. The molecule has 1 heterocycles. The first-order valence-corrected chi connectivity index (χ1v) is 11.6. The summed E-state index contributed by atoms with van der Waals surface area (Å²) in [6.45, 7) is 4.38. The summed E-state index contributed by atoms with van der Waals surface area (Å²) < 4.78 is 6.84. The number of fused-ring (bicyclic) bond motifs is 1. The van der Waals surface area contributed by atoms with Crippen LogP contribution in [0.15, 0.2) is 76.7 Å². The van der Waals surface area contributed by atoms with Crippen molar-refractivity contribution in [2.45, 2.75) is 25.5 Å². The maximum Gasteiger partial charge on any atom is 0.266 e. The molecule has 0 fully saturated rings. The van der Waals surface area contributed by atoms with E-state index in [1.807, 2.05) is 74.5 Å². The number of carbonyl (C=O) groups excluding carboxylic acids is 1. The molecule has 0 unspecified atom stereocenters. The van der Waals surface area contributed by atoms with Crippen LogP contribution in [-0.2, 0) is 11.3 Å². The molecule has 4 rings (SSSR count). The van der Waals surface area contributed by atoms with Gasteiger partial charge in [0, 0.05) is 6.54 Å². The van der Waals surface area contributed by atoms with Crippen molar-refractivity contribution in [1.82, 2.24) is 14.9 Å². The van der Waals surface area contributed by atoms with Crippen molar-refractivity contribution in [3.63, 3.8) is 0 Å². The summed E-state index contributed by atoms with van der Waals surface area (Å²) in [5.74, 6) is 0.742. The van der Waals surface area contributed by atoms with Crippen molar-refractivity contribution in [3.8, 4) is 11.4 Å². The molecule has 0 saturated heterocycles. The van der Waals surface area contributed by atoms with Crippen LogP contribution in [0.3, 0.4) is 0 Å². The van der Waals surface area contributed by atoms with Crippen molar-refractivity contribution in [1.29, 1.82) is 0 Å². The highest BCUT2D eigenvalue weighted by atomic mass is 32.2. The molecule has 6 nitrogen and oxygen atoms in total. The highest BCUT2D eigenvalue weighted by Gasteiger charge is 2.16. The first-order chi connectivity index (χ1) is 16.0. The number of hydrogen-bond acceptors (Lipinski definition) is 5. The lowest BCUT2D eigenvalue weighted by atomic mass is 10.1.